The Bertz CT molecular complexity index is 699. The molecule has 1 saturated carbocycles. The summed E-state index contributed by atoms with van der Waals surface area (Å²) in [5, 5.41) is 11.6. The number of carboxylic acids is 1. The molecule has 1 aliphatic carbocycles. The first-order chi connectivity index (χ1) is 11.6. The minimum atomic E-state index is -4.96. The third kappa shape index (κ3) is 4.09. The van der Waals surface area contributed by atoms with E-state index >= 15 is 0 Å². The Balaban J connectivity index is 2.10. The maximum absolute atomic E-state index is 12.6. The fourth-order valence-electron chi connectivity index (χ4n) is 2.39. The van der Waals surface area contributed by atoms with Crippen molar-refractivity contribution in [3.63, 3.8) is 0 Å². The topological polar surface area (TPSA) is 86.7 Å². The van der Waals surface area contributed by atoms with Crippen molar-refractivity contribution in [3.05, 3.63) is 29.8 Å². The number of hydrogen-bond donors (Lipinski definition) is 2. The fraction of sp³-hybridized carbons (Fsp3) is 0.438. The highest BCUT2D eigenvalue weighted by Gasteiger charge is 2.57. The number of rotatable bonds is 6. The number of nitrogens with zero attached hydrogens (tertiary/aromatic N) is 1. The van der Waals surface area contributed by atoms with Crippen molar-refractivity contribution < 1.29 is 32.7 Å². The standard InChI is InChI=1S/C16H17F3N2O4/c1-2-21(13(23)16(17,18)19)9-10-4-3-5-11(8-10)20-12(22)15(6-7-15)14(24)25/h3-5,8H,2,6-7,9H2,1H3,(H,20,22)(H,24,25). The van der Waals surface area contributed by atoms with Crippen molar-refractivity contribution in [1.29, 1.82) is 0 Å². The quantitative estimate of drug-likeness (QED) is 0.765. The Morgan fingerprint density at radius 1 is 1.28 bits per heavy atom. The molecule has 6 nitrogen and oxygen atoms in total. The van der Waals surface area contributed by atoms with E-state index in [0.29, 0.717) is 10.5 Å². The van der Waals surface area contributed by atoms with Crippen LogP contribution in [0.5, 0.6) is 0 Å². The molecule has 0 saturated heterocycles. The molecule has 1 aromatic rings. The van der Waals surface area contributed by atoms with Crippen LogP contribution < -0.4 is 5.32 Å². The first-order valence-corrected chi connectivity index (χ1v) is 7.60. The molecule has 0 aromatic heterocycles. The van der Waals surface area contributed by atoms with Crippen molar-refractivity contribution in [2.24, 2.45) is 5.41 Å². The molecule has 0 heterocycles. The fourth-order valence-corrected chi connectivity index (χ4v) is 2.39. The van der Waals surface area contributed by atoms with E-state index in [-0.39, 0.29) is 31.6 Å². The maximum atomic E-state index is 12.6. The molecule has 25 heavy (non-hydrogen) atoms. The van der Waals surface area contributed by atoms with Crippen molar-refractivity contribution >= 4 is 23.5 Å². The summed E-state index contributed by atoms with van der Waals surface area (Å²) < 4.78 is 37.7. The number of halogens is 3. The van der Waals surface area contributed by atoms with Gasteiger partial charge in [0.25, 0.3) is 0 Å². The van der Waals surface area contributed by atoms with Crippen LogP contribution in [0.15, 0.2) is 24.3 Å². The van der Waals surface area contributed by atoms with Crippen LogP contribution in [-0.4, -0.2) is 40.5 Å². The molecule has 136 valence electrons. The van der Waals surface area contributed by atoms with Gasteiger partial charge in [-0.15, -0.1) is 0 Å². The van der Waals surface area contributed by atoms with Crippen LogP contribution in [0.2, 0.25) is 0 Å². The van der Waals surface area contributed by atoms with Gasteiger partial charge in [0, 0.05) is 18.8 Å². The van der Waals surface area contributed by atoms with E-state index in [2.05, 4.69) is 5.32 Å². The number of carbonyl (C=O) groups is 3. The highest BCUT2D eigenvalue weighted by atomic mass is 19.4. The molecule has 1 fully saturated rings. The molecular formula is C16H17F3N2O4. The van der Waals surface area contributed by atoms with E-state index in [9.17, 15) is 27.6 Å². The average Bonchev–Trinajstić information content (AvgIpc) is 3.33. The van der Waals surface area contributed by atoms with E-state index in [0.717, 1.165) is 0 Å². The Hall–Kier alpha value is -2.58. The molecule has 0 atom stereocenters. The van der Waals surface area contributed by atoms with Crippen molar-refractivity contribution in [3.8, 4) is 0 Å². The van der Waals surface area contributed by atoms with E-state index in [1.807, 2.05) is 0 Å². The zero-order valence-electron chi connectivity index (χ0n) is 13.4. The number of nitrogens with one attached hydrogen (secondary N) is 1. The van der Waals surface area contributed by atoms with E-state index in [1.165, 1.54) is 31.2 Å². The van der Waals surface area contributed by atoms with Crippen LogP contribution >= 0.6 is 0 Å². The molecule has 2 N–H and O–H groups in total. The molecule has 2 rings (SSSR count). The molecule has 0 radical (unpaired) electrons. The lowest BCUT2D eigenvalue weighted by atomic mass is 10.1. The lowest BCUT2D eigenvalue weighted by Gasteiger charge is -2.22. The van der Waals surface area contributed by atoms with Crippen LogP contribution in [0.25, 0.3) is 0 Å². The highest BCUT2D eigenvalue weighted by molar-refractivity contribution is 6.10. The largest absolute Gasteiger partial charge is 0.480 e. The Labute approximate surface area is 141 Å². The second-order valence-electron chi connectivity index (χ2n) is 5.86. The minimum absolute atomic E-state index is 0.128. The van der Waals surface area contributed by atoms with Gasteiger partial charge in [0.2, 0.25) is 5.91 Å². The molecule has 9 heteroatoms. The third-order valence-corrected chi connectivity index (χ3v) is 4.06. The lowest BCUT2D eigenvalue weighted by Crippen LogP contribution is -2.40. The van der Waals surface area contributed by atoms with Crippen LogP contribution in [0.4, 0.5) is 18.9 Å². The monoisotopic (exact) mass is 358 g/mol. The second kappa shape index (κ2) is 6.73. The summed E-state index contributed by atoms with van der Waals surface area (Å²) >= 11 is 0. The summed E-state index contributed by atoms with van der Waals surface area (Å²) in [5.74, 6) is -3.79. The Morgan fingerprint density at radius 2 is 1.92 bits per heavy atom. The van der Waals surface area contributed by atoms with Crippen LogP contribution in [0.3, 0.4) is 0 Å². The summed E-state index contributed by atoms with van der Waals surface area (Å²) in [4.78, 5) is 35.2. The van der Waals surface area contributed by atoms with Gasteiger partial charge in [-0.25, -0.2) is 0 Å². The zero-order valence-corrected chi connectivity index (χ0v) is 13.4. The molecule has 0 bridgehead atoms. The van der Waals surface area contributed by atoms with Crippen molar-refractivity contribution in [2.75, 3.05) is 11.9 Å². The maximum Gasteiger partial charge on any atom is 0.471 e. The van der Waals surface area contributed by atoms with E-state index in [4.69, 9.17) is 5.11 Å². The zero-order chi connectivity index (χ0) is 18.8. The van der Waals surface area contributed by atoms with Gasteiger partial charge in [-0.2, -0.15) is 13.2 Å². The second-order valence-corrected chi connectivity index (χ2v) is 5.86. The van der Waals surface area contributed by atoms with Gasteiger partial charge >= 0.3 is 18.1 Å². The number of benzene rings is 1. The normalized spacial score (nSPS) is 15.4. The minimum Gasteiger partial charge on any atom is -0.480 e. The van der Waals surface area contributed by atoms with Crippen LogP contribution in [0, 0.1) is 5.41 Å². The predicted molar refractivity (Wildman–Crippen MR) is 81.5 cm³/mol. The third-order valence-electron chi connectivity index (χ3n) is 4.06. The van der Waals surface area contributed by atoms with Gasteiger partial charge in [0.15, 0.2) is 0 Å². The van der Waals surface area contributed by atoms with E-state index < -0.39 is 29.4 Å². The first-order valence-electron chi connectivity index (χ1n) is 7.60. The SMILES string of the molecule is CCN(Cc1cccc(NC(=O)C2(C(=O)O)CC2)c1)C(=O)C(F)(F)F. The summed E-state index contributed by atoms with van der Waals surface area (Å²) in [6, 6.07) is 5.95. The number of carboxylic acid groups (broad SMARTS) is 1. The van der Waals surface area contributed by atoms with Gasteiger partial charge < -0.3 is 15.3 Å². The summed E-state index contributed by atoms with van der Waals surface area (Å²) in [6.45, 7) is 1.03. The van der Waals surface area contributed by atoms with Gasteiger partial charge in [0.05, 0.1) is 0 Å². The number of hydrogen-bond acceptors (Lipinski definition) is 3. The van der Waals surface area contributed by atoms with Crippen LogP contribution in [0.1, 0.15) is 25.3 Å². The number of anilines is 1. The van der Waals surface area contributed by atoms with Gasteiger partial charge in [0.1, 0.15) is 5.41 Å². The smallest absolute Gasteiger partial charge is 0.471 e. The van der Waals surface area contributed by atoms with Gasteiger partial charge in [-0.1, -0.05) is 12.1 Å². The molecule has 2 amide bonds. The van der Waals surface area contributed by atoms with Gasteiger partial charge in [-0.3, -0.25) is 14.4 Å². The van der Waals surface area contributed by atoms with Crippen LogP contribution in [-0.2, 0) is 20.9 Å². The average molecular weight is 358 g/mol. The molecule has 1 aliphatic rings. The number of aliphatic carboxylic acids is 1. The Kier molecular flexibility index (Phi) is 5.05. The van der Waals surface area contributed by atoms with Crippen molar-refractivity contribution in [2.45, 2.75) is 32.5 Å². The Morgan fingerprint density at radius 3 is 2.40 bits per heavy atom. The number of alkyl halides is 3. The molecular weight excluding hydrogens is 341 g/mol. The highest BCUT2D eigenvalue weighted by Crippen LogP contribution is 2.46. The lowest BCUT2D eigenvalue weighted by molar-refractivity contribution is -0.185. The summed E-state index contributed by atoms with van der Waals surface area (Å²) in [6.07, 6.45) is -4.46. The summed E-state index contributed by atoms with van der Waals surface area (Å²) in [7, 11) is 0. The summed E-state index contributed by atoms with van der Waals surface area (Å²) in [5.41, 5.74) is -0.763. The number of carbonyl (C=O) groups excluding carboxylic acids is 2. The van der Waals surface area contributed by atoms with Crippen molar-refractivity contribution in [1.82, 2.24) is 4.90 Å². The van der Waals surface area contributed by atoms with Gasteiger partial charge in [-0.05, 0) is 37.5 Å². The molecule has 0 aliphatic heterocycles. The molecule has 0 spiro atoms. The molecule has 1 aromatic carbocycles. The first kappa shape index (κ1) is 18.8. The molecule has 0 unspecified atom stereocenters. The predicted octanol–water partition coefficient (Wildman–Crippen LogP) is 2.40. The van der Waals surface area contributed by atoms with E-state index in [1.54, 1.807) is 0 Å². The number of amides is 2.